The molecule has 1 aromatic carbocycles. The van der Waals surface area contributed by atoms with Gasteiger partial charge in [0.25, 0.3) is 0 Å². The van der Waals surface area contributed by atoms with Gasteiger partial charge in [-0.05, 0) is 31.0 Å². The molecule has 2 aromatic heterocycles. The molecule has 3 rings (SSSR count). The molecule has 8 heteroatoms. The first-order valence-corrected chi connectivity index (χ1v) is 8.17. The third-order valence-electron chi connectivity index (χ3n) is 3.73. The highest BCUT2D eigenvalue weighted by Gasteiger charge is 2.17. The fourth-order valence-electron chi connectivity index (χ4n) is 2.38. The monoisotopic (exact) mass is 353 g/mol. The molecule has 0 bridgehead atoms. The highest BCUT2D eigenvalue weighted by Crippen LogP contribution is 2.19. The molecular formula is C18H19N5O3. The Balaban J connectivity index is 1.63. The van der Waals surface area contributed by atoms with Crippen LogP contribution < -0.4 is 9.64 Å². The fraction of sp³-hybridized carbons (Fsp3) is 0.278. The highest BCUT2D eigenvalue weighted by molar-refractivity contribution is 5.90. The summed E-state index contributed by atoms with van der Waals surface area (Å²) in [5.74, 6) is -0.499. The predicted octanol–water partition coefficient (Wildman–Crippen LogP) is 2.33. The summed E-state index contributed by atoms with van der Waals surface area (Å²) in [5.41, 5.74) is 1.94. The normalized spacial score (nSPS) is 10.7. The number of aryl methyl sites for hydroxylation is 1. The van der Waals surface area contributed by atoms with Gasteiger partial charge in [-0.2, -0.15) is 0 Å². The van der Waals surface area contributed by atoms with E-state index >= 15 is 0 Å². The van der Waals surface area contributed by atoms with Crippen LogP contribution in [0, 0.1) is 6.92 Å². The summed E-state index contributed by atoms with van der Waals surface area (Å²) in [5, 5.41) is 9.33. The third kappa shape index (κ3) is 4.02. The van der Waals surface area contributed by atoms with Crippen LogP contribution >= 0.6 is 0 Å². The number of ether oxygens (including phenoxy) is 1. The topological polar surface area (TPSA) is 101 Å². The zero-order chi connectivity index (χ0) is 18.5. The molecule has 0 aliphatic carbocycles. The summed E-state index contributed by atoms with van der Waals surface area (Å²) in [6.45, 7) is 2.90. The van der Waals surface area contributed by atoms with Gasteiger partial charge in [-0.3, -0.25) is 0 Å². The Hall–Kier alpha value is -3.29. The molecule has 134 valence electrons. The van der Waals surface area contributed by atoms with E-state index < -0.39 is 5.97 Å². The Morgan fingerprint density at radius 3 is 2.46 bits per heavy atom. The average molecular weight is 353 g/mol. The highest BCUT2D eigenvalue weighted by atomic mass is 16.5. The van der Waals surface area contributed by atoms with Crippen LogP contribution in [0.2, 0.25) is 0 Å². The van der Waals surface area contributed by atoms with E-state index in [-0.39, 0.29) is 11.6 Å². The van der Waals surface area contributed by atoms with Crippen LogP contribution in [0.15, 0.2) is 36.7 Å². The number of hydrogen-bond acceptors (Lipinski definition) is 7. The van der Waals surface area contributed by atoms with E-state index in [1.165, 1.54) is 0 Å². The average Bonchev–Trinajstić information content (AvgIpc) is 2.64. The second kappa shape index (κ2) is 7.73. The Morgan fingerprint density at radius 2 is 1.81 bits per heavy atom. The summed E-state index contributed by atoms with van der Waals surface area (Å²) < 4.78 is 5.59. The Morgan fingerprint density at radius 1 is 1.15 bits per heavy atom. The molecule has 0 atom stereocenters. The third-order valence-corrected chi connectivity index (χ3v) is 3.73. The van der Waals surface area contributed by atoms with E-state index in [0.717, 1.165) is 5.56 Å². The molecule has 0 amide bonds. The number of nitrogens with zero attached hydrogens (tertiary/aromatic N) is 5. The summed E-state index contributed by atoms with van der Waals surface area (Å²) in [4.78, 5) is 30.2. The minimum Gasteiger partial charge on any atom is -0.476 e. The van der Waals surface area contributed by atoms with Gasteiger partial charge < -0.3 is 14.7 Å². The molecule has 26 heavy (non-hydrogen) atoms. The van der Waals surface area contributed by atoms with Gasteiger partial charge in [0.15, 0.2) is 0 Å². The Bertz CT molecular complexity index is 914. The lowest BCUT2D eigenvalue weighted by Gasteiger charge is -2.17. The lowest BCUT2D eigenvalue weighted by molar-refractivity contribution is 0.0684. The van der Waals surface area contributed by atoms with Crippen molar-refractivity contribution in [3.63, 3.8) is 0 Å². The maximum absolute atomic E-state index is 11.4. The van der Waals surface area contributed by atoms with Crippen molar-refractivity contribution in [3.8, 4) is 5.88 Å². The molecule has 0 fully saturated rings. The van der Waals surface area contributed by atoms with E-state index in [4.69, 9.17) is 4.74 Å². The number of carbonyl (C=O) groups is 1. The first-order valence-electron chi connectivity index (χ1n) is 8.17. The summed E-state index contributed by atoms with van der Waals surface area (Å²) in [6.07, 6.45) is 4.18. The predicted molar refractivity (Wildman–Crippen MR) is 96.6 cm³/mol. The number of hydrogen-bond donors (Lipinski definition) is 1. The molecule has 0 saturated carbocycles. The molecule has 3 aromatic rings. The van der Waals surface area contributed by atoms with Crippen molar-refractivity contribution >= 4 is 23.0 Å². The van der Waals surface area contributed by atoms with Gasteiger partial charge in [-0.15, -0.1) is 0 Å². The second-order valence-electron chi connectivity index (χ2n) is 5.86. The van der Waals surface area contributed by atoms with Crippen LogP contribution in [0.4, 0.5) is 5.95 Å². The number of para-hydroxylation sites is 2. The standard InChI is InChI=1S/C18H19N5O3/c1-12-10-19-18(20-11-12)23(2)8-5-9-26-16-15(17(24)25)21-13-6-3-4-7-14(13)22-16/h3-4,6-7,10-11H,5,8-9H2,1-2H3,(H,24,25). The van der Waals surface area contributed by atoms with E-state index in [0.29, 0.717) is 36.6 Å². The number of aromatic carboxylic acids is 1. The Kier molecular flexibility index (Phi) is 5.21. The summed E-state index contributed by atoms with van der Waals surface area (Å²) in [7, 11) is 1.89. The van der Waals surface area contributed by atoms with Gasteiger partial charge in [0.1, 0.15) is 0 Å². The van der Waals surface area contributed by atoms with Crippen LogP contribution in [0.1, 0.15) is 22.5 Å². The van der Waals surface area contributed by atoms with E-state index in [9.17, 15) is 9.90 Å². The van der Waals surface area contributed by atoms with Gasteiger partial charge in [-0.1, -0.05) is 12.1 Å². The molecule has 0 radical (unpaired) electrons. The van der Waals surface area contributed by atoms with Crippen molar-refractivity contribution in [1.29, 1.82) is 0 Å². The SMILES string of the molecule is Cc1cnc(N(C)CCCOc2nc3ccccc3nc2C(=O)O)nc1. The quantitative estimate of drug-likeness (QED) is 0.646. The maximum Gasteiger partial charge on any atom is 0.360 e. The molecular weight excluding hydrogens is 334 g/mol. The molecule has 0 spiro atoms. The largest absolute Gasteiger partial charge is 0.476 e. The van der Waals surface area contributed by atoms with Crippen LogP contribution in [-0.2, 0) is 0 Å². The molecule has 0 unspecified atom stereocenters. The van der Waals surface area contributed by atoms with E-state index in [1.807, 2.05) is 24.9 Å². The molecule has 1 N–H and O–H groups in total. The number of rotatable bonds is 7. The number of anilines is 1. The van der Waals surface area contributed by atoms with Crippen LogP contribution in [0.5, 0.6) is 5.88 Å². The molecule has 2 heterocycles. The van der Waals surface area contributed by atoms with Gasteiger partial charge in [0.2, 0.25) is 17.5 Å². The van der Waals surface area contributed by atoms with Crippen molar-refractivity contribution in [1.82, 2.24) is 19.9 Å². The number of carboxylic acid groups (broad SMARTS) is 1. The van der Waals surface area contributed by atoms with Crippen LogP contribution in [-0.4, -0.2) is 51.2 Å². The second-order valence-corrected chi connectivity index (χ2v) is 5.86. The van der Waals surface area contributed by atoms with Gasteiger partial charge in [0, 0.05) is 26.0 Å². The molecule has 0 aliphatic heterocycles. The first-order chi connectivity index (χ1) is 12.5. The number of benzene rings is 1. The number of fused-ring (bicyclic) bond motifs is 1. The van der Waals surface area contributed by atoms with Gasteiger partial charge >= 0.3 is 5.97 Å². The minimum atomic E-state index is -1.16. The lowest BCUT2D eigenvalue weighted by atomic mass is 10.3. The number of aromatic nitrogens is 4. The lowest BCUT2D eigenvalue weighted by Crippen LogP contribution is -2.22. The zero-order valence-electron chi connectivity index (χ0n) is 14.6. The van der Waals surface area contributed by atoms with Crippen molar-refractivity contribution in [2.24, 2.45) is 0 Å². The summed E-state index contributed by atoms with van der Waals surface area (Å²) in [6, 6.07) is 7.09. The van der Waals surface area contributed by atoms with Crippen LogP contribution in [0.3, 0.4) is 0 Å². The maximum atomic E-state index is 11.4. The first kappa shape index (κ1) is 17.5. The van der Waals surface area contributed by atoms with Crippen molar-refractivity contribution in [2.75, 3.05) is 25.1 Å². The van der Waals surface area contributed by atoms with Gasteiger partial charge in [0.05, 0.1) is 17.6 Å². The zero-order valence-corrected chi connectivity index (χ0v) is 14.6. The molecule has 8 nitrogen and oxygen atoms in total. The Labute approximate surface area is 150 Å². The van der Waals surface area contributed by atoms with Gasteiger partial charge in [-0.25, -0.2) is 24.7 Å². The smallest absolute Gasteiger partial charge is 0.360 e. The van der Waals surface area contributed by atoms with Crippen molar-refractivity contribution < 1.29 is 14.6 Å². The van der Waals surface area contributed by atoms with E-state index in [1.54, 1.807) is 30.6 Å². The fourth-order valence-corrected chi connectivity index (χ4v) is 2.38. The molecule has 0 saturated heterocycles. The summed E-state index contributed by atoms with van der Waals surface area (Å²) >= 11 is 0. The number of carboxylic acids is 1. The van der Waals surface area contributed by atoms with Crippen molar-refractivity contribution in [2.45, 2.75) is 13.3 Å². The minimum absolute atomic E-state index is 0.0328. The molecule has 0 aliphatic rings. The van der Waals surface area contributed by atoms with Crippen molar-refractivity contribution in [3.05, 3.63) is 47.9 Å². The van der Waals surface area contributed by atoms with E-state index in [2.05, 4.69) is 19.9 Å². The van der Waals surface area contributed by atoms with Crippen LogP contribution in [0.25, 0.3) is 11.0 Å².